The fourth-order valence-electron chi connectivity index (χ4n) is 8.65. The van der Waals surface area contributed by atoms with Crippen LogP contribution in [0.2, 0.25) is 0 Å². The Balaban J connectivity index is 1.07. The van der Waals surface area contributed by atoms with E-state index in [4.69, 9.17) is 0 Å². The van der Waals surface area contributed by atoms with Gasteiger partial charge < -0.3 is 4.90 Å². The maximum Gasteiger partial charge on any atom is 0.0636 e. The second-order valence-corrected chi connectivity index (χ2v) is 13.8. The number of hydrogen-bond donors (Lipinski definition) is 0. The average molecular weight is 602 g/mol. The Labute approximate surface area is 271 Å². The maximum atomic E-state index is 2.59. The van der Waals surface area contributed by atoms with E-state index in [1.54, 1.807) is 0 Å². The van der Waals surface area contributed by atoms with Crippen molar-refractivity contribution in [3.05, 3.63) is 162 Å². The van der Waals surface area contributed by atoms with Crippen LogP contribution in [-0.2, 0) is 0 Å². The van der Waals surface area contributed by atoms with E-state index >= 15 is 0 Å². The lowest BCUT2D eigenvalue weighted by molar-refractivity contribution is 0.728. The third-order valence-electron chi connectivity index (χ3n) is 10.6. The molecule has 2 unspecified atom stereocenters. The zero-order chi connectivity index (χ0) is 29.9. The number of anilines is 2. The van der Waals surface area contributed by atoms with Crippen molar-refractivity contribution in [3.63, 3.8) is 0 Å². The Morgan fingerprint density at radius 2 is 1.24 bits per heavy atom. The molecule has 0 fully saturated rings. The molecule has 2 atom stereocenters. The lowest BCUT2D eigenvalue weighted by atomic mass is 9.81. The van der Waals surface area contributed by atoms with Crippen molar-refractivity contribution in [1.29, 1.82) is 0 Å². The molecule has 0 spiro atoms. The summed E-state index contributed by atoms with van der Waals surface area (Å²) in [5.74, 6) is 0.283. The summed E-state index contributed by atoms with van der Waals surface area (Å²) in [4.78, 5) is 2.59. The van der Waals surface area contributed by atoms with Crippen LogP contribution in [0.4, 0.5) is 11.4 Å². The zero-order valence-corrected chi connectivity index (χ0v) is 25.8. The normalized spacial score (nSPS) is 17.0. The number of hydrogen-bond acceptors (Lipinski definition) is 2. The minimum Gasteiger partial charge on any atom is -0.333 e. The first-order valence-corrected chi connectivity index (χ1v) is 16.9. The Bertz CT molecular complexity index is 2570. The SMILES string of the molecule is C1=CC2C(c3ccccc31)c1c(ccc3c1sc1ccccc13)N2c1ccc(-c2ccc3c4c(cccc24)-c2ccccc2-3)cc1. The molecule has 1 aliphatic heterocycles. The zero-order valence-electron chi connectivity index (χ0n) is 24.9. The molecule has 0 saturated carbocycles. The van der Waals surface area contributed by atoms with E-state index in [1.165, 1.54) is 92.4 Å². The molecule has 8 aromatic rings. The van der Waals surface area contributed by atoms with E-state index in [1.807, 2.05) is 11.3 Å². The molecule has 2 heteroatoms. The monoisotopic (exact) mass is 601 g/mol. The summed E-state index contributed by atoms with van der Waals surface area (Å²) in [5.41, 5.74) is 14.7. The molecule has 2 heterocycles. The molecule has 1 nitrogen and oxygen atoms in total. The van der Waals surface area contributed by atoms with Crippen molar-refractivity contribution in [3.8, 4) is 33.4 Å². The summed E-state index contributed by atoms with van der Waals surface area (Å²) in [7, 11) is 0. The second-order valence-electron chi connectivity index (χ2n) is 12.8. The highest BCUT2D eigenvalue weighted by Crippen LogP contribution is 2.56. The van der Waals surface area contributed by atoms with E-state index in [-0.39, 0.29) is 12.0 Å². The van der Waals surface area contributed by atoms with E-state index in [9.17, 15) is 0 Å². The lowest BCUT2D eigenvalue weighted by Crippen LogP contribution is -2.30. The maximum absolute atomic E-state index is 2.59. The topological polar surface area (TPSA) is 3.24 Å². The molecule has 46 heavy (non-hydrogen) atoms. The van der Waals surface area contributed by atoms with Crippen molar-refractivity contribution in [1.82, 2.24) is 0 Å². The molecular formula is C44H27NS. The van der Waals surface area contributed by atoms with Gasteiger partial charge in [-0.3, -0.25) is 0 Å². The number of nitrogens with zero attached hydrogens (tertiary/aromatic N) is 1. The molecule has 2 aliphatic carbocycles. The van der Waals surface area contributed by atoms with E-state index in [0.29, 0.717) is 0 Å². The first-order valence-electron chi connectivity index (χ1n) is 16.1. The first-order chi connectivity index (χ1) is 22.8. The van der Waals surface area contributed by atoms with E-state index < -0.39 is 0 Å². The van der Waals surface area contributed by atoms with Crippen LogP contribution in [0.1, 0.15) is 22.6 Å². The summed E-state index contributed by atoms with van der Waals surface area (Å²) >= 11 is 1.95. The van der Waals surface area contributed by atoms with Gasteiger partial charge in [-0.1, -0.05) is 127 Å². The fourth-order valence-corrected chi connectivity index (χ4v) is 9.93. The van der Waals surface area contributed by atoms with Gasteiger partial charge in [-0.2, -0.15) is 0 Å². The molecule has 0 amide bonds. The largest absolute Gasteiger partial charge is 0.333 e. The Kier molecular flexibility index (Phi) is 4.89. The highest BCUT2D eigenvalue weighted by Gasteiger charge is 2.42. The molecule has 0 radical (unpaired) electrons. The van der Waals surface area contributed by atoms with Gasteiger partial charge in [0.2, 0.25) is 0 Å². The van der Waals surface area contributed by atoms with E-state index in [2.05, 4.69) is 157 Å². The van der Waals surface area contributed by atoms with Crippen molar-refractivity contribution in [2.75, 3.05) is 4.90 Å². The van der Waals surface area contributed by atoms with Gasteiger partial charge in [-0.25, -0.2) is 0 Å². The van der Waals surface area contributed by atoms with Crippen LogP contribution in [0.15, 0.2) is 146 Å². The van der Waals surface area contributed by atoms with Gasteiger partial charge in [0, 0.05) is 43.0 Å². The molecule has 214 valence electrons. The predicted octanol–water partition coefficient (Wildman–Crippen LogP) is 12.2. The van der Waals surface area contributed by atoms with Gasteiger partial charge in [-0.05, 0) is 79.5 Å². The van der Waals surface area contributed by atoms with Gasteiger partial charge in [0.15, 0.2) is 0 Å². The molecule has 1 aromatic heterocycles. The van der Waals surface area contributed by atoms with Crippen LogP contribution in [0, 0.1) is 0 Å². The minimum atomic E-state index is 0.224. The van der Waals surface area contributed by atoms with Crippen LogP contribution >= 0.6 is 11.3 Å². The molecule has 0 bridgehead atoms. The Morgan fingerprint density at radius 1 is 0.522 bits per heavy atom. The van der Waals surface area contributed by atoms with Gasteiger partial charge in [0.25, 0.3) is 0 Å². The summed E-state index contributed by atoms with van der Waals surface area (Å²) in [6.07, 6.45) is 4.76. The van der Waals surface area contributed by atoms with Crippen molar-refractivity contribution in [2.45, 2.75) is 12.0 Å². The predicted molar refractivity (Wildman–Crippen MR) is 196 cm³/mol. The molecular weight excluding hydrogens is 575 g/mol. The van der Waals surface area contributed by atoms with Gasteiger partial charge in [0.05, 0.1) is 6.04 Å². The van der Waals surface area contributed by atoms with Gasteiger partial charge in [0.1, 0.15) is 0 Å². The van der Waals surface area contributed by atoms with Crippen LogP contribution in [0.25, 0.3) is 70.4 Å². The van der Waals surface area contributed by atoms with Crippen molar-refractivity contribution >= 4 is 59.7 Å². The molecule has 7 aromatic carbocycles. The lowest BCUT2D eigenvalue weighted by Gasteiger charge is -2.31. The average Bonchev–Trinajstić information content (AvgIpc) is 3.77. The number of fused-ring (bicyclic) bond motifs is 12. The number of thiophene rings is 1. The third kappa shape index (κ3) is 3.19. The fraction of sp³-hybridized carbons (Fsp3) is 0.0455. The Morgan fingerprint density at radius 3 is 2.13 bits per heavy atom. The second kappa shape index (κ2) is 9.06. The molecule has 3 aliphatic rings. The van der Waals surface area contributed by atoms with Crippen LogP contribution < -0.4 is 4.90 Å². The standard InChI is InChI=1S/C44H27NS/c1-2-9-30-26(8-1)18-24-38-42(30)43-39(25-23-37-33-12-5-6-15-40(33)46-44(37)43)45(38)28-19-16-27(17-20-28)29-21-22-36-32-11-4-3-10-31(32)35-14-7-13-34(29)41(35)36/h1-25,38,42H. The van der Waals surface area contributed by atoms with Crippen molar-refractivity contribution in [2.24, 2.45) is 0 Å². The van der Waals surface area contributed by atoms with Crippen molar-refractivity contribution < 1.29 is 0 Å². The smallest absolute Gasteiger partial charge is 0.0636 e. The number of benzene rings is 7. The molecule has 0 saturated heterocycles. The van der Waals surface area contributed by atoms with Gasteiger partial charge >= 0.3 is 0 Å². The highest BCUT2D eigenvalue weighted by atomic mass is 32.1. The van der Waals surface area contributed by atoms with Crippen LogP contribution in [0.3, 0.4) is 0 Å². The van der Waals surface area contributed by atoms with Crippen LogP contribution in [0.5, 0.6) is 0 Å². The molecule has 0 N–H and O–H groups in total. The van der Waals surface area contributed by atoms with E-state index in [0.717, 1.165) is 0 Å². The highest BCUT2D eigenvalue weighted by molar-refractivity contribution is 7.26. The van der Waals surface area contributed by atoms with Crippen LogP contribution in [-0.4, -0.2) is 6.04 Å². The summed E-state index contributed by atoms with van der Waals surface area (Å²) in [6, 6.07) is 52.3. The third-order valence-corrected chi connectivity index (χ3v) is 11.8. The summed E-state index contributed by atoms with van der Waals surface area (Å²) in [5, 5.41) is 5.43. The summed E-state index contributed by atoms with van der Waals surface area (Å²) < 4.78 is 2.78. The quantitative estimate of drug-likeness (QED) is 0.190. The minimum absolute atomic E-state index is 0.224. The first kappa shape index (κ1) is 24.8. The summed E-state index contributed by atoms with van der Waals surface area (Å²) in [6.45, 7) is 0. The molecule has 11 rings (SSSR count). The number of rotatable bonds is 2. The Hall–Kier alpha value is -5.44. The van der Waals surface area contributed by atoms with Gasteiger partial charge in [-0.15, -0.1) is 11.3 Å².